The van der Waals surface area contributed by atoms with Gasteiger partial charge in [-0.3, -0.25) is 4.79 Å². The maximum Gasteiger partial charge on any atom is 0.223 e. The van der Waals surface area contributed by atoms with E-state index in [0.717, 1.165) is 25.8 Å². The first-order chi connectivity index (χ1) is 6.78. The SMILES string of the molecule is CCCN1C(=O)CCC12CCCCC2. The minimum atomic E-state index is 0.297. The molecule has 0 N–H and O–H groups in total. The molecule has 80 valence electrons. The molecule has 0 aromatic heterocycles. The molecular formula is C12H21NO. The van der Waals surface area contributed by atoms with Gasteiger partial charge in [-0.2, -0.15) is 0 Å². The van der Waals surface area contributed by atoms with E-state index in [4.69, 9.17) is 0 Å². The molecule has 1 saturated carbocycles. The Balaban J connectivity index is 2.11. The van der Waals surface area contributed by atoms with Gasteiger partial charge < -0.3 is 4.90 Å². The van der Waals surface area contributed by atoms with E-state index in [9.17, 15) is 4.79 Å². The van der Waals surface area contributed by atoms with Gasteiger partial charge in [-0.1, -0.05) is 26.2 Å². The van der Waals surface area contributed by atoms with Crippen molar-refractivity contribution >= 4 is 5.91 Å². The fourth-order valence-corrected chi connectivity index (χ4v) is 3.19. The lowest BCUT2D eigenvalue weighted by molar-refractivity contribution is -0.132. The molecule has 1 spiro atoms. The van der Waals surface area contributed by atoms with Gasteiger partial charge in [0, 0.05) is 18.5 Å². The van der Waals surface area contributed by atoms with Crippen LogP contribution < -0.4 is 0 Å². The predicted octanol–water partition coefficient (Wildman–Crippen LogP) is 2.72. The topological polar surface area (TPSA) is 20.3 Å². The lowest BCUT2D eigenvalue weighted by atomic mass is 9.80. The van der Waals surface area contributed by atoms with Crippen LogP contribution in [0.5, 0.6) is 0 Å². The molecular weight excluding hydrogens is 174 g/mol. The third-order valence-corrected chi connectivity index (χ3v) is 3.91. The van der Waals surface area contributed by atoms with E-state index < -0.39 is 0 Å². The Kier molecular flexibility index (Phi) is 2.80. The summed E-state index contributed by atoms with van der Waals surface area (Å²) < 4.78 is 0. The number of hydrogen-bond donors (Lipinski definition) is 0. The zero-order valence-corrected chi connectivity index (χ0v) is 9.22. The Morgan fingerprint density at radius 3 is 2.57 bits per heavy atom. The number of hydrogen-bond acceptors (Lipinski definition) is 1. The van der Waals surface area contributed by atoms with Crippen LogP contribution in [0.3, 0.4) is 0 Å². The summed E-state index contributed by atoms with van der Waals surface area (Å²) in [6.07, 6.45) is 9.59. The molecule has 1 aliphatic carbocycles. The number of rotatable bonds is 2. The summed E-state index contributed by atoms with van der Waals surface area (Å²) in [5.41, 5.74) is 0.297. The minimum Gasteiger partial charge on any atom is -0.337 e. The van der Waals surface area contributed by atoms with Crippen LogP contribution in [0.2, 0.25) is 0 Å². The first-order valence-electron chi connectivity index (χ1n) is 6.09. The van der Waals surface area contributed by atoms with E-state index in [1.807, 2.05) is 0 Å². The summed E-state index contributed by atoms with van der Waals surface area (Å²) >= 11 is 0. The molecule has 1 heterocycles. The van der Waals surface area contributed by atoms with Gasteiger partial charge in [0.25, 0.3) is 0 Å². The summed E-state index contributed by atoms with van der Waals surface area (Å²) in [5, 5.41) is 0. The van der Waals surface area contributed by atoms with Crippen LogP contribution >= 0.6 is 0 Å². The van der Waals surface area contributed by atoms with Gasteiger partial charge in [-0.05, 0) is 25.7 Å². The molecule has 0 radical (unpaired) electrons. The van der Waals surface area contributed by atoms with Gasteiger partial charge in [-0.15, -0.1) is 0 Å². The molecule has 2 heteroatoms. The van der Waals surface area contributed by atoms with Crippen molar-refractivity contribution in [1.82, 2.24) is 4.90 Å². The fourth-order valence-electron chi connectivity index (χ4n) is 3.19. The molecule has 0 aromatic rings. The summed E-state index contributed by atoms with van der Waals surface area (Å²) in [5.74, 6) is 0.411. The third-order valence-electron chi connectivity index (χ3n) is 3.91. The number of carbonyl (C=O) groups excluding carboxylic acids is 1. The second kappa shape index (κ2) is 3.92. The quantitative estimate of drug-likeness (QED) is 0.663. The van der Waals surface area contributed by atoms with E-state index >= 15 is 0 Å². The van der Waals surface area contributed by atoms with E-state index in [1.165, 1.54) is 32.1 Å². The van der Waals surface area contributed by atoms with Crippen molar-refractivity contribution in [2.75, 3.05) is 6.54 Å². The molecule has 0 bridgehead atoms. The fraction of sp³-hybridized carbons (Fsp3) is 0.917. The highest BCUT2D eigenvalue weighted by molar-refractivity contribution is 5.79. The zero-order chi connectivity index (χ0) is 10.0. The molecule has 14 heavy (non-hydrogen) atoms. The van der Waals surface area contributed by atoms with Crippen molar-refractivity contribution in [3.8, 4) is 0 Å². The Bertz CT molecular complexity index is 218. The number of carbonyl (C=O) groups is 1. The Hall–Kier alpha value is -0.530. The number of amides is 1. The second-order valence-electron chi connectivity index (χ2n) is 4.83. The largest absolute Gasteiger partial charge is 0.337 e. The molecule has 2 rings (SSSR count). The first kappa shape index (κ1) is 10.0. The van der Waals surface area contributed by atoms with Gasteiger partial charge >= 0.3 is 0 Å². The second-order valence-corrected chi connectivity index (χ2v) is 4.83. The molecule has 2 nitrogen and oxygen atoms in total. The van der Waals surface area contributed by atoms with E-state index in [-0.39, 0.29) is 0 Å². The van der Waals surface area contributed by atoms with Gasteiger partial charge in [0.2, 0.25) is 5.91 Å². The average molecular weight is 195 g/mol. The van der Waals surface area contributed by atoms with Crippen molar-refractivity contribution in [3.05, 3.63) is 0 Å². The Morgan fingerprint density at radius 2 is 1.93 bits per heavy atom. The molecule has 2 aliphatic rings. The average Bonchev–Trinajstić information content (AvgIpc) is 2.49. The molecule has 1 amide bonds. The predicted molar refractivity (Wildman–Crippen MR) is 57.1 cm³/mol. The molecule has 2 fully saturated rings. The Labute approximate surface area is 86.7 Å². The van der Waals surface area contributed by atoms with Crippen molar-refractivity contribution in [2.24, 2.45) is 0 Å². The summed E-state index contributed by atoms with van der Waals surface area (Å²) in [4.78, 5) is 14.0. The normalized spacial score (nSPS) is 26.1. The smallest absolute Gasteiger partial charge is 0.223 e. The standard InChI is InChI=1S/C12H21NO/c1-2-10-13-11(14)6-9-12(13)7-4-3-5-8-12/h2-10H2,1H3. The van der Waals surface area contributed by atoms with Gasteiger partial charge in [-0.25, -0.2) is 0 Å². The minimum absolute atomic E-state index is 0.297. The van der Waals surface area contributed by atoms with E-state index in [1.54, 1.807) is 0 Å². The molecule has 0 aromatic carbocycles. The highest BCUT2D eigenvalue weighted by atomic mass is 16.2. The molecule has 1 aliphatic heterocycles. The van der Waals surface area contributed by atoms with Crippen LogP contribution in [0.25, 0.3) is 0 Å². The van der Waals surface area contributed by atoms with Crippen LogP contribution in [0.4, 0.5) is 0 Å². The lowest BCUT2D eigenvalue weighted by Crippen LogP contribution is -2.47. The summed E-state index contributed by atoms with van der Waals surface area (Å²) in [6, 6.07) is 0. The van der Waals surface area contributed by atoms with Crippen LogP contribution in [0, 0.1) is 0 Å². The first-order valence-corrected chi connectivity index (χ1v) is 6.09. The van der Waals surface area contributed by atoms with Crippen molar-refractivity contribution in [1.29, 1.82) is 0 Å². The van der Waals surface area contributed by atoms with Gasteiger partial charge in [0.1, 0.15) is 0 Å². The monoisotopic (exact) mass is 195 g/mol. The third kappa shape index (κ3) is 1.55. The van der Waals surface area contributed by atoms with Gasteiger partial charge in [0.15, 0.2) is 0 Å². The maximum absolute atomic E-state index is 11.8. The summed E-state index contributed by atoms with van der Waals surface area (Å²) in [7, 11) is 0. The van der Waals surface area contributed by atoms with Crippen LogP contribution in [0.1, 0.15) is 58.3 Å². The summed E-state index contributed by atoms with van der Waals surface area (Å²) in [6.45, 7) is 3.15. The number of likely N-dealkylation sites (tertiary alicyclic amines) is 1. The van der Waals surface area contributed by atoms with E-state index in [0.29, 0.717) is 11.4 Å². The zero-order valence-electron chi connectivity index (χ0n) is 9.22. The van der Waals surface area contributed by atoms with Crippen molar-refractivity contribution in [3.63, 3.8) is 0 Å². The molecule has 0 unspecified atom stereocenters. The Morgan fingerprint density at radius 1 is 1.21 bits per heavy atom. The maximum atomic E-state index is 11.8. The van der Waals surface area contributed by atoms with Crippen LogP contribution in [-0.2, 0) is 4.79 Å². The van der Waals surface area contributed by atoms with Crippen molar-refractivity contribution < 1.29 is 4.79 Å². The van der Waals surface area contributed by atoms with Crippen molar-refractivity contribution in [2.45, 2.75) is 63.8 Å². The molecule has 1 saturated heterocycles. The van der Waals surface area contributed by atoms with Crippen LogP contribution in [-0.4, -0.2) is 22.9 Å². The molecule has 0 atom stereocenters. The number of nitrogens with zero attached hydrogens (tertiary/aromatic N) is 1. The van der Waals surface area contributed by atoms with Gasteiger partial charge in [0.05, 0.1) is 0 Å². The van der Waals surface area contributed by atoms with E-state index in [2.05, 4.69) is 11.8 Å². The van der Waals surface area contributed by atoms with Crippen LogP contribution in [0.15, 0.2) is 0 Å². The highest BCUT2D eigenvalue weighted by Crippen LogP contribution is 2.42. The lowest BCUT2D eigenvalue weighted by Gasteiger charge is -2.41. The highest BCUT2D eigenvalue weighted by Gasteiger charge is 2.44.